The van der Waals surface area contributed by atoms with Crippen LogP contribution in [-0.4, -0.2) is 31.7 Å². The molecule has 0 amide bonds. The number of benzene rings is 3. The lowest BCUT2D eigenvalue weighted by atomic mass is 9.97. The number of fused-ring (bicyclic) bond motifs is 1. The number of non-ortho nitro benzene ring substituents is 1. The maximum absolute atomic E-state index is 11.2. The van der Waals surface area contributed by atoms with Crippen LogP contribution in [0.5, 0.6) is 5.75 Å². The van der Waals surface area contributed by atoms with Crippen LogP contribution >= 0.6 is 23.4 Å². The van der Waals surface area contributed by atoms with Crippen molar-refractivity contribution >= 4 is 34.6 Å². The molecule has 0 bridgehead atoms. The van der Waals surface area contributed by atoms with Gasteiger partial charge in [-0.2, -0.15) is 4.68 Å². The highest BCUT2D eigenvalue weighted by Gasteiger charge is 2.29. The molecule has 3 aromatic carbocycles. The number of hydrogen-bond acceptors (Lipinski definition) is 7. The molecule has 10 heteroatoms. The Labute approximate surface area is 217 Å². The van der Waals surface area contributed by atoms with Crippen LogP contribution < -0.4 is 4.74 Å². The van der Waals surface area contributed by atoms with Gasteiger partial charge in [-0.1, -0.05) is 59.3 Å². The van der Waals surface area contributed by atoms with E-state index in [-0.39, 0.29) is 16.5 Å². The predicted molar refractivity (Wildman–Crippen MR) is 140 cm³/mol. The summed E-state index contributed by atoms with van der Waals surface area (Å²) in [6, 6.07) is 20.5. The third-order valence-corrected chi connectivity index (χ3v) is 7.64. The minimum atomic E-state index is -0.367. The standard InChI is InChI=1S/C26H22ClN5O3S/c1-16-17(2)23(21-10-9-20(32(33)34)13-22(16)21)14-35-25-11-8-18(12-24(25)27)15-36-26-28-29-30-31(26)19-6-4-3-5-7-19/h3-13,23H,14-15H2,1-2H3. The van der Waals surface area contributed by atoms with Gasteiger partial charge in [-0.25, -0.2) is 0 Å². The van der Waals surface area contributed by atoms with Crippen LogP contribution in [0.25, 0.3) is 11.3 Å². The molecule has 1 unspecified atom stereocenters. The number of rotatable bonds is 8. The summed E-state index contributed by atoms with van der Waals surface area (Å²) in [6.07, 6.45) is 0. The van der Waals surface area contributed by atoms with Crippen molar-refractivity contribution in [2.24, 2.45) is 0 Å². The van der Waals surface area contributed by atoms with Gasteiger partial charge >= 0.3 is 0 Å². The Kier molecular flexibility index (Phi) is 6.75. The van der Waals surface area contributed by atoms with Gasteiger partial charge in [0, 0.05) is 23.8 Å². The fourth-order valence-corrected chi connectivity index (χ4v) is 5.37. The van der Waals surface area contributed by atoms with Crippen molar-refractivity contribution in [3.05, 3.63) is 104 Å². The topological polar surface area (TPSA) is 96.0 Å². The van der Waals surface area contributed by atoms with Crippen LogP contribution in [-0.2, 0) is 5.75 Å². The van der Waals surface area contributed by atoms with E-state index in [2.05, 4.69) is 15.5 Å². The number of nitrogens with zero attached hydrogens (tertiary/aromatic N) is 5. The highest BCUT2D eigenvalue weighted by molar-refractivity contribution is 7.98. The molecule has 4 aromatic rings. The molecule has 0 fully saturated rings. The maximum Gasteiger partial charge on any atom is 0.270 e. The Balaban J connectivity index is 1.25. The van der Waals surface area contributed by atoms with E-state index < -0.39 is 0 Å². The number of para-hydroxylation sites is 1. The number of aromatic nitrogens is 4. The van der Waals surface area contributed by atoms with Crippen molar-refractivity contribution in [2.45, 2.75) is 30.7 Å². The normalized spacial score (nSPS) is 14.7. The Hall–Kier alpha value is -3.69. The van der Waals surface area contributed by atoms with E-state index >= 15 is 0 Å². The maximum atomic E-state index is 11.2. The minimum absolute atomic E-state index is 0.0175. The smallest absolute Gasteiger partial charge is 0.270 e. The first kappa shape index (κ1) is 24.0. The summed E-state index contributed by atoms with van der Waals surface area (Å²) >= 11 is 8.08. The third-order valence-electron chi connectivity index (χ3n) is 6.35. The van der Waals surface area contributed by atoms with Gasteiger partial charge in [0.05, 0.1) is 22.2 Å². The number of hydrogen-bond donors (Lipinski definition) is 0. The number of allylic oxidation sites excluding steroid dienone is 1. The number of ether oxygens (including phenoxy) is 1. The highest BCUT2D eigenvalue weighted by Crippen LogP contribution is 2.43. The molecule has 1 aromatic heterocycles. The second-order valence-corrected chi connectivity index (χ2v) is 9.81. The van der Waals surface area contributed by atoms with Crippen molar-refractivity contribution < 1.29 is 9.66 Å². The molecule has 1 aliphatic rings. The lowest BCUT2D eigenvalue weighted by Crippen LogP contribution is -2.10. The average molecular weight is 520 g/mol. The number of halogens is 1. The van der Waals surface area contributed by atoms with E-state index in [1.54, 1.807) is 16.8 Å². The van der Waals surface area contributed by atoms with Crippen LogP contribution in [0.3, 0.4) is 0 Å². The van der Waals surface area contributed by atoms with Gasteiger partial charge in [-0.15, -0.1) is 5.10 Å². The van der Waals surface area contributed by atoms with E-state index in [1.165, 1.54) is 11.8 Å². The van der Waals surface area contributed by atoms with Gasteiger partial charge in [-0.05, 0) is 70.8 Å². The van der Waals surface area contributed by atoms with Crippen molar-refractivity contribution in [1.82, 2.24) is 20.2 Å². The van der Waals surface area contributed by atoms with Crippen LogP contribution in [0.4, 0.5) is 5.69 Å². The van der Waals surface area contributed by atoms with Crippen molar-refractivity contribution in [3.8, 4) is 11.4 Å². The quantitative estimate of drug-likeness (QED) is 0.149. The van der Waals surface area contributed by atoms with Crippen molar-refractivity contribution in [2.75, 3.05) is 6.61 Å². The largest absolute Gasteiger partial charge is 0.491 e. The van der Waals surface area contributed by atoms with E-state index in [4.69, 9.17) is 16.3 Å². The number of tetrazole rings is 1. The van der Waals surface area contributed by atoms with E-state index in [1.807, 2.05) is 68.4 Å². The molecule has 182 valence electrons. The summed E-state index contributed by atoms with van der Waals surface area (Å²) < 4.78 is 7.82. The molecule has 36 heavy (non-hydrogen) atoms. The van der Waals surface area contributed by atoms with E-state index in [0.29, 0.717) is 28.3 Å². The Morgan fingerprint density at radius 2 is 1.92 bits per heavy atom. The first-order valence-corrected chi connectivity index (χ1v) is 12.6. The Bertz CT molecular complexity index is 1470. The number of nitro groups is 1. The van der Waals surface area contributed by atoms with Crippen molar-refractivity contribution in [3.63, 3.8) is 0 Å². The highest BCUT2D eigenvalue weighted by atomic mass is 35.5. The van der Waals surface area contributed by atoms with Gasteiger partial charge in [0.1, 0.15) is 5.75 Å². The summed E-state index contributed by atoms with van der Waals surface area (Å²) in [4.78, 5) is 10.8. The lowest BCUT2D eigenvalue weighted by Gasteiger charge is -2.17. The zero-order valence-electron chi connectivity index (χ0n) is 19.6. The first-order valence-electron chi connectivity index (χ1n) is 11.3. The molecule has 5 rings (SSSR count). The monoisotopic (exact) mass is 519 g/mol. The van der Waals surface area contributed by atoms with Gasteiger partial charge in [0.15, 0.2) is 0 Å². The lowest BCUT2D eigenvalue weighted by molar-refractivity contribution is -0.384. The molecule has 0 radical (unpaired) electrons. The average Bonchev–Trinajstić information content (AvgIpc) is 3.45. The van der Waals surface area contributed by atoms with E-state index in [0.717, 1.165) is 33.5 Å². The summed E-state index contributed by atoms with van der Waals surface area (Å²) in [7, 11) is 0. The summed E-state index contributed by atoms with van der Waals surface area (Å²) in [5, 5.41) is 24.4. The van der Waals surface area contributed by atoms with Crippen LogP contribution in [0.2, 0.25) is 5.02 Å². The second-order valence-electron chi connectivity index (χ2n) is 8.46. The molecule has 0 N–H and O–H groups in total. The Morgan fingerprint density at radius 1 is 1.11 bits per heavy atom. The molecule has 8 nitrogen and oxygen atoms in total. The van der Waals surface area contributed by atoms with Crippen LogP contribution in [0, 0.1) is 10.1 Å². The first-order chi connectivity index (χ1) is 17.4. The fourth-order valence-electron chi connectivity index (χ4n) is 4.28. The summed E-state index contributed by atoms with van der Waals surface area (Å²) in [5.74, 6) is 1.26. The summed E-state index contributed by atoms with van der Waals surface area (Å²) in [6.45, 7) is 4.43. The van der Waals surface area contributed by atoms with Crippen LogP contribution in [0.15, 0.2) is 77.5 Å². The van der Waals surface area contributed by atoms with Gasteiger partial charge in [-0.3, -0.25) is 10.1 Å². The number of thioether (sulfide) groups is 1. The molecule has 0 saturated carbocycles. The molecule has 0 aliphatic heterocycles. The van der Waals surface area contributed by atoms with Gasteiger partial charge < -0.3 is 4.74 Å². The van der Waals surface area contributed by atoms with Gasteiger partial charge in [0.2, 0.25) is 5.16 Å². The Morgan fingerprint density at radius 3 is 2.67 bits per heavy atom. The molecule has 0 spiro atoms. The minimum Gasteiger partial charge on any atom is -0.491 e. The number of nitro benzene ring substituents is 1. The predicted octanol–water partition coefficient (Wildman–Crippen LogP) is 6.49. The van der Waals surface area contributed by atoms with E-state index in [9.17, 15) is 10.1 Å². The molecule has 1 aliphatic carbocycles. The van der Waals surface area contributed by atoms with Crippen molar-refractivity contribution in [1.29, 1.82) is 0 Å². The fraction of sp³-hybridized carbons (Fsp3) is 0.192. The molecular weight excluding hydrogens is 498 g/mol. The molecular formula is C26H22ClN5O3S. The zero-order chi connectivity index (χ0) is 25.2. The SMILES string of the molecule is CC1=C(C)C(COc2ccc(CSc3nnnn3-c3ccccc3)cc2Cl)c2ccc([N+](=O)[O-])cc21. The summed E-state index contributed by atoms with van der Waals surface area (Å²) in [5.41, 5.74) is 6.16. The molecule has 0 saturated heterocycles. The molecule has 1 heterocycles. The second kappa shape index (κ2) is 10.1. The van der Waals surface area contributed by atoms with Gasteiger partial charge in [0.25, 0.3) is 5.69 Å². The van der Waals surface area contributed by atoms with Crippen LogP contribution in [0.1, 0.15) is 36.5 Å². The molecule has 1 atom stereocenters. The third kappa shape index (κ3) is 4.72. The zero-order valence-corrected chi connectivity index (χ0v) is 21.2.